The number of rotatable bonds is 3. The van der Waals surface area contributed by atoms with Crippen molar-refractivity contribution in [1.29, 1.82) is 0 Å². The molecule has 108 valence electrons. The summed E-state index contributed by atoms with van der Waals surface area (Å²) >= 11 is 5.81. The maximum absolute atomic E-state index is 12.2. The number of amides is 1. The number of nitrogens with one attached hydrogen (secondary N) is 1. The molecule has 2 fully saturated rings. The van der Waals surface area contributed by atoms with Crippen molar-refractivity contribution in [2.45, 2.75) is 12.8 Å². The van der Waals surface area contributed by atoms with E-state index in [0.717, 1.165) is 32.6 Å². The Morgan fingerprint density at radius 2 is 2.15 bits per heavy atom. The predicted octanol–water partition coefficient (Wildman–Crippen LogP) is 1.93. The van der Waals surface area contributed by atoms with E-state index in [4.69, 9.17) is 16.3 Å². The van der Waals surface area contributed by atoms with Crippen molar-refractivity contribution in [3.8, 4) is 5.75 Å². The van der Waals surface area contributed by atoms with Gasteiger partial charge in [0.15, 0.2) is 6.61 Å². The topological polar surface area (TPSA) is 41.6 Å². The van der Waals surface area contributed by atoms with Crippen molar-refractivity contribution in [3.05, 3.63) is 29.3 Å². The molecule has 0 aliphatic carbocycles. The molecule has 4 nitrogen and oxygen atoms in total. The van der Waals surface area contributed by atoms with Gasteiger partial charge in [0.25, 0.3) is 5.91 Å². The lowest BCUT2D eigenvalue weighted by Crippen LogP contribution is -2.36. The number of carbonyl (C=O) groups excluding carboxylic acids is 1. The van der Waals surface area contributed by atoms with Crippen LogP contribution >= 0.6 is 11.6 Å². The normalized spacial score (nSPS) is 25.4. The number of halogens is 1. The molecule has 1 amide bonds. The number of hydrogen-bond donors (Lipinski definition) is 1. The molecule has 2 aliphatic rings. The summed E-state index contributed by atoms with van der Waals surface area (Å²) in [7, 11) is 0. The zero-order chi connectivity index (χ0) is 14.0. The fourth-order valence-corrected chi connectivity index (χ4v) is 3.19. The van der Waals surface area contributed by atoms with Crippen LogP contribution in [0.2, 0.25) is 5.02 Å². The van der Waals surface area contributed by atoms with Crippen LogP contribution in [0.5, 0.6) is 5.75 Å². The third-order valence-electron chi connectivity index (χ3n) is 4.30. The Morgan fingerprint density at radius 1 is 1.35 bits per heavy atom. The summed E-state index contributed by atoms with van der Waals surface area (Å²) in [6, 6.07) is 7.08. The number of benzene rings is 1. The molecule has 2 heterocycles. The van der Waals surface area contributed by atoms with Crippen molar-refractivity contribution in [1.82, 2.24) is 10.2 Å². The Labute approximate surface area is 124 Å². The molecule has 1 aromatic carbocycles. The minimum absolute atomic E-state index is 0.0729. The van der Waals surface area contributed by atoms with Crippen LogP contribution in [0, 0.1) is 5.41 Å². The summed E-state index contributed by atoms with van der Waals surface area (Å²) in [6.45, 7) is 3.93. The summed E-state index contributed by atoms with van der Waals surface area (Å²) in [4.78, 5) is 14.1. The average Bonchev–Trinajstić information content (AvgIpc) is 3.09. The number of likely N-dealkylation sites (tertiary alicyclic amines) is 1. The van der Waals surface area contributed by atoms with Crippen LogP contribution in [-0.4, -0.2) is 43.6 Å². The van der Waals surface area contributed by atoms with E-state index >= 15 is 0 Å². The van der Waals surface area contributed by atoms with Gasteiger partial charge in [-0.25, -0.2) is 0 Å². The van der Waals surface area contributed by atoms with Gasteiger partial charge in [-0.05, 0) is 43.7 Å². The molecule has 2 aliphatic heterocycles. The largest absolute Gasteiger partial charge is 0.484 e. The van der Waals surface area contributed by atoms with Gasteiger partial charge >= 0.3 is 0 Å². The third kappa shape index (κ3) is 2.91. The number of carbonyl (C=O) groups is 1. The first kappa shape index (κ1) is 13.7. The monoisotopic (exact) mass is 294 g/mol. The van der Waals surface area contributed by atoms with Crippen LogP contribution < -0.4 is 10.1 Å². The van der Waals surface area contributed by atoms with E-state index in [1.807, 2.05) is 4.90 Å². The molecule has 0 aromatic heterocycles. The van der Waals surface area contributed by atoms with E-state index in [2.05, 4.69) is 5.32 Å². The highest BCUT2D eigenvalue weighted by molar-refractivity contribution is 6.30. The summed E-state index contributed by atoms with van der Waals surface area (Å²) < 4.78 is 5.52. The first-order valence-electron chi connectivity index (χ1n) is 7.04. The molecule has 0 radical (unpaired) electrons. The summed E-state index contributed by atoms with van der Waals surface area (Å²) in [5.41, 5.74) is 0.315. The van der Waals surface area contributed by atoms with E-state index in [1.54, 1.807) is 24.3 Å². The number of nitrogens with zero attached hydrogens (tertiary/aromatic N) is 1. The van der Waals surface area contributed by atoms with E-state index in [1.165, 1.54) is 6.42 Å². The second-order valence-corrected chi connectivity index (χ2v) is 6.17. The standard InChI is InChI=1S/C15H19ClN2O2/c16-12-1-3-13(4-2-12)20-9-14(19)18-8-6-15(11-18)5-7-17-10-15/h1-4,17H,5-11H2. The molecule has 20 heavy (non-hydrogen) atoms. The fourth-order valence-electron chi connectivity index (χ4n) is 3.06. The van der Waals surface area contributed by atoms with Gasteiger partial charge < -0.3 is 15.0 Å². The van der Waals surface area contributed by atoms with Crippen LogP contribution in [0.4, 0.5) is 0 Å². The van der Waals surface area contributed by atoms with E-state index in [-0.39, 0.29) is 12.5 Å². The van der Waals surface area contributed by atoms with Crippen molar-refractivity contribution in [2.75, 3.05) is 32.8 Å². The molecule has 0 bridgehead atoms. The molecule has 3 rings (SSSR count). The maximum Gasteiger partial charge on any atom is 0.260 e. The molecule has 0 saturated carbocycles. The first-order valence-corrected chi connectivity index (χ1v) is 7.42. The van der Waals surface area contributed by atoms with Crippen molar-refractivity contribution in [3.63, 3.8) is 0 Å². The summed E-state index contributed by atoms with van der Waals surface area (Å²) in [5.74, 6) is 0.753. The molecule has 1 N–H and O–H groups in total. The van der Waals surface area contributed by atoms with Gasteiger partial charge in [-0.2, -0.15) is 0 Å². The Kier molecular flexibility index (Phi) is 3.85. The zero-order valence-corrected chi connectivity index (χ0v) is 12.2. The molecule has 1 spiro atoms. The van der Waals surface area contributed by atoms with Gasteiger partial charge in [-0.1, -0.05) is 11.6 Å². The lowest BCUT2D eigenvalue weighted by Gasteiger charge is -2.22. The minimum atomic E-state index is 0.0729. The highest BCUT2D eigenvalue weighted by Gasteiger charge is 2.41. The van der Waals surface area contributed by atoms with Crippen LogP contribution in [0.3, 0.4) is 0 Å². The highest BCUT2D eigenvalue weighted by atomic mass is 35.5. The molecule has 1 unspecified atom stereocenters. The van der Waals surface area contributed by atoms with Gasteiger partial charge in [0.2, 0.25) is 0 Å². The van der Waals surface area contributed by atoms with Crippen LogP contribution in [0.15, 0.2) is 24.3 Å². The van der Waals surface area contributed by atoms with Crippen LogP contribution in [-0.2, 0) is 4.79 Å². The molecule has 5 heteroatoms. The Morgan fingerprint density at radius 3 is 2.85 bits per heavy atom. The van der Waals surface area contributed by atoms with Gasteiger partial charge in [0.1, 0.15) is 5.75 Å². The van der Waals surface area contributed by atoms with E-state index in [9.17, 15) is 4.79 Å². The third-order valence-corrected chi connectivity index (χ3v) is 4.55. The van der Waals surface area contributed by atoms with Crippen molar-refractivity contribution in [2.24, 2.45) is 5.41 Å². The quantitative estimate of drug-likeness (QED) is 0.926. The van der Waals surface area contributed by atoms with Crippen LogP contribution in [0.25, 0.3) is 0 Å². The maximum atomic E-state index is 12.2. The lowest BCUT2D eigenvalue weighted by atomic mass is 9.87. The Balaban J connectivity index is 1.51. The second-order valence-electron chi connectivity index (χ2n) is 5.73. The fraction of sp³-hybridized carbons (Fsp3) is 0.533. The summed E-state index contributed by atoms with van der Waals surface area (Å²) in [5, 5.41) is 4.06. The Hall–Kier alpha value is -1.26. The predicted molar refractivity (Wildman–Crippen MR) is 78.1 cm³/mol. The van der Waals surface area contributed by atoms with Gasteiger partial charge in [0, 0.05) is 30.1 Å². The lowest BCUT2D eigenvalue weighted by molar-refractivity contribution is -0.132. The minimum Gasteiger partial charge on any atom is -0.484 e. The molecular weight excluding hydrogens is 276 g/mol. The Bertz CT molecular complexity index is 483. The SMILES string of the molecule is O=C(COc1ccc(Cl)cc1)N1CCC2(CCNC2)C1. The summed E-state index contributed by atoms with van der Waals surface area (Å²) in [6.07, 6.45) is 2.28. The smallest absolute Gasteiger partial charge is 0.260 e. The van der Waals surface area contributed by atoms with Gasteiger partial charge in [0.05, 0.1) is 0 Å². The van der Waals surface area contributed by atoms with Crippen LogP contribution in [0.1, 0.15) is 12.8 Å². The highest BCUT2D eigenvalue weighted by Crippen LogP contribution is 2.35. The molecule has 1 aromatic rings. The van der Waals surface area contributed by atoms with Crippen molar-refractivity contribution < 1.29 is 9.53 Å². The average molecular weight is 295 g/mol. The first-order chi connectivity index (χ1) is 9.67. The molecule has 1 atom stereocenters. The van der Waals surface area contributed by atoms with Crippen molar-refractivity contribution >= 4 is 17.5 Å². The molecule has 2 saturated heterocycles. The second kappa shape index (κ2) is 5.62. The van der Waals surface area contributed by atoms with E-state index < -0.39 is 0 Å². The van der Waals surface area contributed by atoms with Gasteiger partial charge in [-0.15, -0.1) is 0 Å². The number of ether oxygens (including phenoxy) is 1. The number of hydrogen-bond acceptors (Lipinski definition) is 3. The van der Waals surface area contributed by atoms with Gasteiger partial charge in [-0.3, -0.25) is 4.79 Å². The zero-order valence-electron chi connectivity index (χ0n) is 11.4. The molecular formula is C15H19ClN2O2. The van der Waals surface area contributed by atoms with E-state index in [0.29, 0.717) is 16.2 Å².